The van der Waals surface area contributed by atoms with Gasteiger partial charge >= 0.3 is 0 Å². The number of rotatable bonds is 4. The first kappa shape index (κ1) is 18.2. The summed E-state index contributed by atoms with van der Waals surface area (Å²) in [6, 6.07) is 13.5. The fraction of sp³-hybridized carbons (Fsp3) is 0.333. The Bertz CT molecular complexity index is 1040. The topological polar surface area (TPSA) is 80.1 Å². The molecule has 0 radical (unpaired) electrons. The largest absolute Gasteiger partial charge is 0.348 e. The molecule has 0 saturated carbocycles. The lowest BCUT2D eigenvalue weighted by atomic mass is 9.88. The molecular weight excluding hydrogens is 354 g/mol. The Morgan fingerprint density at radius 1 is 1.25 bits per heavy atom. The van der Waals surface area contributed by atoms with Crippen LogP contribution in [0.4, 0.5) is 0 Å². The van der Waals surface area contributed by atoms with Gasteiger partial charge in [-0.15, -0.1) is 5.10 Å². The maximum atomic E-state index is 12.7. The minimum absolute atomic E-state index is 0.00993. The molecule has 7 heteroatoms. The predicted molar refractivity (Wildman–Crippen MR) is 106 cm³/mol. The highest BCUT2D eigenvalue weighted by Crippen LogP contribution is 2.29. The van der Waals surface area contributed by atoms with Gasteiger partial charge in [-0.25, -0.2) is 4.68 Å². The smallest absolute Gasteiger partial charge is 0.254 e. The second-order valence-corrected chi connectivity index (χ2v) is 7.29. The Hall–Kier alpha value is -3.22. The zero-order valence-electron chi connectivity index (χ0n) is 16.1. The number of aryl methyl sites for hydroxylation is 2. The lowest BCUT2D eigenvalue weighted by Crippen LogP contribution is -2.40. The van der Waals surface area contributed by atoms with Gasteiger partial charge in [-0.1, -0.05) is 29.5 Å². The SMILES string of the molecule is CN(CC(=O)N[C@@H]1CCCc2ccccc21)C(=O)c1ccc2c(c1)nnn2C. The van der Waals surface area contributed by atoms with E-state index in [-0.39, 0.29) is 24.4 Å². The first-order valence-electron chi connectivity index (χ1n) is 9.45. The molecule has 1 aliphatic carbocycles. The zero-order valence-corrected chi connectivity index (χ0v) is 16.1. The molecule has 0 unspecified atom stereocenters. The lowest BCUT2D eigenvalue weighted by Gasteiger charge is -2.27. The normalized spacial score (nSPS) is 15.9. The third kappa shape index (κ3) is 3.47. The van der Waals surface area contributed by atoms with Crippen LogP contribution in [0.2, 0.25) is 0 Å². The van der Waals surface area contributed by atoms with Gasteiger partial charge in [0.25, 0.3) is 5.91 Å². The summed E-state index contributed by atoms with van der Waals surface area (Å²) < 4.78 is 1.66. The van der Waals surface area contributed by atoms with Crippen LogP contribution >= 0.6 is 0 Å². The minimum Gasteiger partial charge on any atom is -0.348 e. The molecule has 1 N–H and O–H groups in total. The summed E-state index contributed by atoms with van der Waals surface area (Å²) in [5.41, 5.74) is 4.48. The van der Waals surface area contributed by atoms with Gasteiger partial charge in [-0.05, 0) is 48.6 Å². The summed E-state index contributed by atoms with van der Waals surface area (Å²) >= 11 is 0. The number of fused-ring (bicyclic) bond motifs is 2. The Kier molecular flexibility index (Phi) is 4.81. The molecule has 2 amide bonds. The number of aromatic nitrogens is 3. The van der Waals surface area contributed by atoms with Gasteiger partial charge in [-0.2, -0.15) is 0 Å². The summed E-state index contributed by atoms with van der Waals surface area (Å²) in [5, 5.41) is 11.1. The van der Waals surface area contributed by atoms with E-state index in [9.17, 15) is 9.59 Å². The van der Waals surface area contributed by atoms with Gasteiger partial charge in [0.2, 0.25) is 5.91 Å². The molecule has 4 rings (SSSR count). The number of amides is 2. The van der Waals surface area contributed by atoms with Crippen molar-refractivity contribution in [2.45, 2.75) is 25.3 Å². The molecule has 1 aliphatic rings. The zero-order chi connectivity index (χ0) is 19.7. The second-order valence-electron chi connectivity index (χ2n) is 7.29. The third-order valence-electron chi connectivity index (χ3n) is 5.29. The number of nitrogens with one attached hydrogen (secondary N) is 1. The number of carbonyl (C=O) groups is 2. The summed E-state index contributed by atoms with van der Waals surface area (Å²) in [6.45, 7) is 0.00993. The van der Waals surface area contributed by atoms with Crippen LogP contribution in [0, 0.1) is 0 Å². The average molecular weight is 377 g/mol. The van der Waals surface area contributed by atoms with Crippen molar-refractivity contribution < 1.29 is 9.59 Å². The Labute approximate surface area is 163 Å². The van der Waals surface area contributed by atoms with E-state index in [4.69, 9.17) is 0 Å². The fourth-order valence-corrected chi connectivity index (χ4v) is 3.83. The Morgan fingerprint density at radius 3 is 2.93 bits per heavy atom. The molecule has 7 nitrogen and oxygen atoms in total. The maximum absolute atomic E-state index is 12.7. The van der Waals surface area contributed by atoms with Gasteiger partial charge < -0.3 is 10.2 Å². The predicted octanol–water partition coefficient (Wildman–Crippen LogP) is 2.23. The highest BCUT2D eigenvalue weighted by Gasteiger charge is 2.23. The van der Waals surface area contributed by atoms with Crippen LogP contribution in [-0.2, 0) is 18.3 Å². The van der Waals surface area contributed by atoms with E-state index in [1.165, 1.54) is 16.0 Å². The van der Waals surface area contributed by atoms with Gasteiger partial charge in [0.15, 0.2) is 0 Å². The van der Waals surface area contributed by atoms with E-state index in [2.05, 4.69) is 27.8 Å². The van der Waals surface area contributed by atoms with Crippen molar-refractivity contribution in [1.29, 1.82) is 0 Å². The molecule has 1 aromatic heterocycles. The number of hydrogen-bond donors (Lipinski definition) is 1. The molecule has 0 aliphatic heterocycles. The summed E-state index contributed by atoms with van der Waals surface area (Å²) in [7, 11) is 3.44. The fourth-order valence-electron chi connectivity index (χ4n) is 3.83. The molecule has 0 bridgehead atoms. The van der Waals surface area contributed by atoms with Crippen molar-refractivity contribution in [2.24, 2.45) is 7.05 Å². The molecule has 144 valence electrons. The molecule has 0 saturated heterocycles. The number of nitrogens with zero attached hydrogens (tertiary/aromatic N) is 4. The molecule has 0 fully saturated rings. The first-order chi connectivity index (χ1) is 13.5. The standard InChI is InChI=1S/C21H23N5O2/c1-25(21(28)15-10-11-19-18(12-15)23-24-26(19)2)13-20(27)22-17-9-5-7-14-6-3-4-8-16(14)17/h3-4,6,8,10-12,17H,5,7,9,13H2,1-2H3,(H,22,27)/t17-/m1/s1. The molecular formula is C21H23N5O2. The maximum Gasteiger partial charge on any atom is 0.254 e. The van der Waals surface area contributed by atoms with Gasteiger partial charge in [0, 0.05) is 19.7 Å². The molecule has 28 heavy (non-hydrogen) atoms. The molecule has 1 heterocycles. The van der Waals surface area contributed by atoms with Gasteiger partial charge in [0.05, 0.1) is 18.1 Å². The van der Waals surface area contributed by atoms with Crippen LogP contribution in [0.1, 0.15) is 40.4 Å². The van der Waals surface area contributed by atoms with E-state index in [1.54, 1.807) is 30.9 Å². The Balaban J connectivity index is 1.42. The molecule has 2 aromatic carbocycles. The number of carbonyl (C=O) groups excluding carboxylic acids is 2. The number of benzene rings is 2. The average Bonchev–Trinajstić information content (AvgIpc) is 3.08. The first-order valence-corrected chi connectivity index (χ1v) is 9.45. The van der Waals surface area contributed by atoms with Gasteiger partial charge in [-0.3, -0.25) is 9.59 Å². The van der Waals surface area contributed by atoms with Crippen molar-refractivity contribution >= 4 is 22.8 Å². The van der Waals surface area contributed by atoms with Crippen molar-refractivity contribution in [2.75, 3.05) is 13.6 Å². The van der Waals surface area contributed by atoms with Crippen molar-refractivity contribution in [3.05, 3.63) is 59.2 Å². The van der Waals surface area contributed by atoms with Gasteiger partial charge in [0.1, 0.15) is 5.52 Å². The number of likely N-dealkylation sites (N-methyl/N-ethyl adjacent to an activating group) is 1. The quantitative estimate of drug-likeness (QED) is 0.756. The van der Waals surface area contributed by atoms with Crippen LogP contribution in [0.5, 0.6) is 0 Å². The van der Waals surface area contributed by atoms with Crippen molar-refractivity contribution in [3.8, 4) is 0 Å². The van der Waals surface area contributed by atoms with Crippen LogP contribution in [0.15, 0.2) is 42.5 Å². The summed E-state index contributed by atoms with van der Waals surface area (Å²) in [5.74, 6) is -0.370. The minimum atomic E-state index is -0.216. The van der Waals surface area contributed by atoms with E-state index in [0.29, 0.717) is 11.1 Å². The van der Waals surface area contributed by atoms with Crippen molar-refractivity contribution in [1.82, 2.24) is 25.2 Å². The molecule has 3 aromatic rings. The van der Waals surface area contributed by atoms with Crippen LogP contribution in [-0.4, -0.2) is 45.3 Å². The van der Waals surface area contributed by atoms with Crippen LogP contribution < -0.4 is 5.32 Å². The summed E-state index contributed by atoms with van der Waals surface area (Å²) in [4.78, 5) is 26.7. The number of hydrogen-bond acceptors (Lipinski definition) is 4. The van der Waals surface area contributed by atoms with E-state index in [0.717, 1.165) is 24.8 Å². The van der Waals surface area contributed by atoms with Crippen LogP contribution in [0.25, 0.3) is 11.0 Å². The lowest BCUT2D eigenvalue weighted by molar-refractivity contribution is -0.122. The molecule has 0 spiro atoms. The highest BCUT2D eigenvalue weighted by molar-refractivity contribution is 5.98. The highest BCUT2D eigenvalue weighted by atomic mass is 16.2. The second kappa shape index (κ2) is 7.42. The van der Waals surface area contributed by atoms with E-state index in [1.807, 2.05) is 18.2 Å². The van der Waals surface area contributed by atoms with Crippen LogP contribution in [0.3, 0.4) is 0 Å². The third-order valence-corrected chi connectivity index (χ3v) is 5.29. The monoisotopic (exact) mass is 377 g/mol. The van der Waals surface area contributed by atoms with E-state index < -0.39 is 0 Å². The van der Waals surface area contributed by atoms with Crippen molar-refractivity contribution in [3.63, 3.8) is 0 Å². The molecule has 1 atom stereocenters. The summed E-state index contributed by atoms with van der Waals surface area (Å²) in [6.07, 6.45) is 3.02. The van der Waals surface area contributed by atoms with E-state index >= 15 is 0 Å². The Morgan fingerprint density at radius 2 is 2.07 bits per heavy atom.